The van der Waals surface area contributed by atoms with Crippen LogP contribution in [0.25, 0.3) is 5.65 Å². The summed E-state index contributed by atoms with van der Waals surface area (Å²) in [6.07, 6.45) is 1.06. The molecule has 1 atom stereocenters. The van der Waals surface area contributed by atoms with Crippen LogP contribution in [-0.4, -0.2) is 47.1 Å². The number of rotatable bonds is 4. The van der Waals surface area contributed by atoms with Crippen LogP contribution in [0.3, 0.4) is 0 Å². The maximum atomic E-state index is 5.43. The number of hydrogen-bond donors (Lipinski definition) is 0. The lowest BCUT2D eigenvalue weighted by Gasteiger charge is -2.19. The first-order chi connectivity index (χ1) is 13.4. The van der Waals surface area contributed by atoms with Crippen LogP contribution in [-0.2, 0) is 5.41 Å². The Kier molecular flexibility index (Phi) is 4.61. The predicted octanol–water partition coefficient (Wildman–Crippen LogP) is 3.43. The van der Waals surface area contributed by atoms with Crippen molar-refractivity contribution in [2.45, 2.75) is 38.5 Å². The molecule has 0 spiro atoms. The summed E-state index contributed by atoms with van der Waals surface area (Å²) >= 11 is 0. The number of benzene rings is 1. The number of nitrogens with zero attached hydrogens (tertiary/aromatic N) is 5. The average Bonchev–Trinajstić information content (AvgIpc) is 3.33. The summed E-state index contributed by atoms with van der Waals surface area (Å²) in [7, 11) is 3.37. The van der Waals surface area contributed by atoms with Crippen LogP contribution in [0.5, 0.6) is 11.5 Å². The molecule has 148 valence electrons. The second kappa shape index (κ2) is 6.96. The van der Waals surface area contributed by atoms with Crippen molar-refractivity contribution in [3.8, 4) is 11.5 Å². The van der Waals surface area contributed by atoms with Crippen molar-refractivity contribution in [3.63, 3.8) is 0 Å². The Bertz CT molecular complexity index is 970. The molecule has 1 aliphatic rings. The molecule has 0 N–H and O–H groups in total. The van der Waals surface area contributed by atoms with Gasteiger partial charge in [0.1, 0.15) is 17.3 Å². The topological polar surface area (TPSA) is 64.8 Å². The normalized spacial score (nSPS) is 17.3. The van der Waals surface area contributed by atoms with Crippen molar-refractivity contribution < 1.29 is 9.47 Å². The van der Waals surface area contributed by atoms with E-state index in [-0.39, 0.29) is 5.41 Å². The standard InChI is InChI=1S/C21H27N5O2/c1-21(2,3)20-23-22-18-6-7-19(24-26(18)20)25-9-8-14(13-25)15-10-16(27-4)12-17(11-15)28-5/h6-7,10-12,14H,8-9,13H2,1-5H3. The zero-order valence-electron chi connectivity index (χ0n) is 17.1. The minimum Gasteiger partial charge on any atom is -0.497 e. The second-order valence-electron chi connectivity index (χ2n) is 8.31. The molecule has 0 radical (unpaired) electrons. The molecule has 0 aliphatic carbocycles. The van der Waals surface area contributed by atoms with E-state index in [9.17, 15) is 0 Å². The van der Waals surface area contributed by atoms with Gasteiger partial charge >= 0.3 is 0 Å². The van der Waals surface area contributed by atoms with Gasteiger partial charge in [-0.1, -0.05) is 20.8 Å². The summed E-state index contributed by atoms with van der Waals surface area (Å²) in [6, 6.07) is 10.1. The zero-order chi connectivity index (χ0) is 19.9. The molecule has 1 unspecified atom stereocenters. The van der Waals surface area contributed by atoms with E-state index in [4.69, 9.17) is 14.6 Å². The molecule has 0 saturated carbocycles. The summed E-state index contributed by atoms with van der Waals surface area (Å²) < 4.78 is 12.7. The van der Waals surface area contributed by atoms with E-state index in [1.165, 1.54) is 5.56 Å². The van der Waals surface area contributed by atoms with Gasteiger partial charge in [-0.15, -0.1) is 15.3 Å². The summed E-state index contributed by atoms with van der Waals surface area (Å²) in [4.78, 5) is 2.32. The van der Waals surface area contributed by atoms with Crippen molar-refractivity contribution in [2.75, 3.05) is 32.2 Å². The van der Waals surface area contributed by atoms with Crippen molar-refractivity contribution >= 4 is 11.5 Å². The Balaban J connectivity index is 1.61. The highest BCUT2D eigenvalue weighted by molar-refractivity contribution is 5.48. The van der Waals surface area contributed by atoms with E-state index in [2.05, 4.69) is 48.0 Å². The van der Waals surface area contributed by atoms with Gasteiger partial charge in [-0.3, -0.25) is 0 Å². The minimum absolute atomic E-state index is 0.115. The van der Waals surface area contributed by atoms with E-state index in [1.807, 2.05) is 22.7 Å². The lowest BCUT2D eigenvalue weighted by Crippen LogP contribution is -2.23. The number of ether oxygens (including phenoxy) is 2. The number of aromatic nitrogens is 4. The Labute approximate surface area is 165 Å². The van der Waals surface area contributed by atoms with Gasteiger partial charge in [-0.25, -0.2) is 0 Å². The third-order valence-corrected chi connectivity index (χ3v) is 5.28. The van der Waals surface area contributed by atoms with E-state index in [0.29, 0.717) is 5.92 Å². The van der Waals surface area contributed by atoms with Crippen LogP contribution in [0.4, 0.5) is 5.82 Å². The number of hydrogen-bond acceptors (Lipinski definition) is 6. The summed E-state index contributed by atoms with van der Waals surface area (Å²) in [5.74, 6) is 3.88. The van der Waals surface area contributed by atoms with Crippen LogP contribution < -0.4 is 14.4 Å². The predicted molar refractivity (Wildman–Crippen MR) is 109 cm³/mol. The molecular weight excluding hydrogens is 354 g/mol. The number of anilines is 1. The number of methoxy groups -OCH3 is 2. The molecule has 1 saturated heterocycles. The third kappa shape index (κ3) is 3.37. The Morgan fingerprint density at radius 2 is 1.71 bits per heavy atom. The lowest BCUT2D eigenvalue weighted by molar-refractivity contribution is 0.393. The highest BCUT2D eigenvalue weighted by atomic mass is 16.5. The van der Waals surface area contributed by atoms with Crippen LogP contribution in [0.2, 0.25) is 0 Å². The van der Waals surface area contributed by atoms with E-state index in [1.54, 1.807) is 14.2 Å². The van der Waals surface area contributed by atoms with Gasteiger partial charge in [0.25, 0.3) is 0 Å². The maximum absolute atomic E-state index is 5.43. The van der Waals surface area contributed by atoms with E-state index in [0.717, 1.165) is 48.3 Å². The molecule has 0 bridgehead atoms. The maximum Gasteiger partial charge on any atom is 0.178 e. The summed E-state index contributed by atoms with van der Waals surface area (Å²) in [5.41, 5.74) is 1.90. The molecular formula is C21H27N5O2. The monoisotopic (exact) mass is 381 g/mol. The highest BCUT2D eigenvalue weighted by Gasteiger charge is 2.27. The molecule has 7 nitrogen and oxygen atoms in total. The Morgan fingerprint density at radius 1 is 1.00 bits per heavy atom. The first-order valence-corrected chi connectivity index (χ1v) is 9.60. The fraction of sp³-hybridized carbons (Fsp3) is 0.476. The largest absolute Gasteiger partial charge is 0.497 e. The molecule has 0 amide bonds. The van der Waals surface area contributed by atoms with Gasteiger partial charge in [-0.2, -0.15) is 4.52 Å². The molecule has 1 fully saturated rings. The second-order valence-corrected chi connectivity index (χ2v) is 8.31. The average molecular weight is 381 g/mol. The fourth-order valence-corrected chi connectivity index (χ4v) is 3.72. The zero-order valence-corrected chi connectivity index (χ0v) is 17.1. The fourth-order valence-electron chi connectivity index (χ4n) is 3.72. The molecule has 1 aromatic carbocycles. The molecule has 7 heteroatoms. The molecule has 1 aliphatic heterocycles. The molecule has 2 aromatic heterocycles. The summed E-state index contributed by atoms with van der Waals surface area (Å²) in [5, 5.41) is 13.4. The van der Waals surface area contributed by atoms with E-state index < -0.39 is 0 Å². The van der Waals surface area contributed by atoms with Gasteiger partial charge in [0.05, 0.1) is 14.2 Å². The van der Waals surface area contributed by atoms with Crippen molar-refractivity contribution in [3.05, 3.63) is 41.7 Å². The van der Waals surface area contributed by atoms with Crippen LogP contribution in [0.1, 0.15) is 44.5 Å². The summed E-state index contributed by atoms with van der Waals surface area (Å²) in [6.45, 7) is 8.23. The lowest BCUT2D eigenvalue weighted by atomic mass is 9.96. The van der Waals surface area contributed by atoms with Crippen molar-refractivity contribution in [2.24, 2.45) is 0 Å². The first kappa shape index (κ1) is 18.5. The molecule has 28 heavy (non-hydrogen) atoms. The minimum atomic E-state index is -0.115. The van der Waals surface area contributed by atoms with Crippen LogP contribution in [0.15, 0.2) is 30.3 Å². The van der Waals surface area contributed by atoms with Gasteiger partial charge < -0.3 is 14.4 Å². The van der Waals surface area contributed by atoms with Crippen LogP contribution in [0, 0.1) is 0 Å². The molecule has 4 rings (SSSR count). The Morgan fingerprint density at radius 3 is 2.36 bits per heavy atom. The molecule has 3 aromatic rings. The highest BCUT2D eigenvalue weighted by Crippen LogP contribution is 2.34. The first-order valence-electron chi connectivity index (χ1n) is 9.60. The van der Waals surface area contributed by atoms with Gasteiger partial charge in [0.2, 0.25) is 0 Å². The van der Waals surface area contributed by atoms with Crippen molar-refractivity contribution in [1.82, 2.24) is 19.8 Å². The number of fused-ring (bicyclic) bond motifs is 1. The molecule has 3 heterocycles. The smallest absolute Gasteiger partial charge is 0.178 e. The van der Waals surface area contributed by atoms with Crippen LogP contribution >= 0.6 is 0 Å². The van der Waals surface area contributed by atoms with E-state index >= 15 is 0 Å². The SMILES string of the molecule is COc1cc(OC)cc(C2CCN(c3ccc4nnc(C(C)(C)C)n4n3)C2)c1. The van der Waals surface area contributed by atoms with Gasteiger partial charge in [0, 0.05) is 30.5 Å². The quantitative estimate of drug-likeness (QED) is 0.690. The third-order valence-electron chi connectivity index (χ3n) is 5.28. The van der Waals surface area contributed by atoms with Gasteiger partial charge in [0.15, 0.2) is 11.5 Å². The van der Waals surface area contributed by atoms with Crippen molar-refractivity contribution in [1.29, 1.82) is 0 Å². The Hall–Kier alpha value is -2.83. The van der Waals surface area contributed by atoms with Gasteiger partial charge in [-0.05, 0) is 36.2 Å².